The second-order valence-corrected chi connectivity index (χ2v) is 3.34. The van der Waals surface area contributed by atoms with Crippen LogP contribution in [0.5, 0.6) is 0 Å². The van der Waals surface area contributed by atoms with Crippen LogP contribution >= 0.6 is 0 Å². The first kappa shape index (κ1) is 9.79. The van der Waals surface area contributed by atoms with Gasteiger partial charge in [-0.2, -0.15) is 0 Å². The topological polar surface area (TPSA) is 128 Å². The number of guanidine groups is 1. The van der Waals surface area contributed by atoms with E-state index in [0.717, 1.165) is 0 Å². The molecule has 6 heteroatoms. The van der Waals surface area contributed by atoms with Gasteiger partial charge in [-0.15, -0.1) is 0 Å². The molecule has 0 heterocycles. The number of aliphatic carboxylic acids is 1. The molecule has 0 bridgehead atoms. The van der Waals surface area contributed by atoms with Gasteiger partial charge in [-0.1, -0.05) is 0 Å². The molecule has 74 valence electrons. The summed E-state index contributed by atoms with van der Waals surface area (Å²) < 4.78 is 0. The van der Waals surface area contributed by atoms with E-state index in [4.69, 9.17) is 22.3 Å². The van der Waals surface area contributed by atoms with Gasteiger partial charge in [0.25, 0.3) is 0 Å². The third kappa shape index (κ3) is 2.09. The van der Waals surface area contributed by atoms with E-state index < -0.39 is 11.5 Å². The van der Waals surface area contributed by atoms with E-state index in [1.165, 1.54) is 0 Å². The number of carbonyl (C=O) groups is 1. The maximum absolute atomic E-state index is 10.6. The van der Waals surface area contributed by atoms with Crippen molar-refractivity contribution in [3.8, 4) is 0 Å². The number of carboxylic acids is 1. The fourth-order valence-electron chi connectivity index (χ4n) is 1.32. The highest BCUT2D eigenvalue weighted by Crippen LogP contribution is 2.43. The van der Waals surface area contributed by atoms with Gasteiger partial charge in [0.15, 0.2) is 5.96 Å². The highest BCUT2D eigenvalue weighted by Gasteiger charge is 2.56. The largest absolute Gasteiger partial charge is 0.480 e. The van der Waals surface area contributed by atoms with Crippen LogP contribution in [-0.4, -0.2) is 29.1 Å². The molecular weight excluding hydrogens is 172 g/mol. The van der Waals surface area contributed by atoms with Crippen LogP contribution in [0, 0.1) is 5.92 Å². The lowest BCUT2D eigenvalue weighted by molar-refractivity contribution is -0.140. The first-order valence-corrected chi connectivity index (χ1v) is 4.04. The van der Waals surface area contributed by atoms with Crippen molar-refractivity contribution in [1.82, 2.24) is 0 Å². The summed E-state index contributed by atoms with van der Waals surface area (Å²) in [6.45, 7) is 0.444. The monoisotopic (exact) mass is 186 g/mol. The molecule has 0 saturated heterocycles. The number of nitrogens with two attached hydrogens (primary N) is 3. The van der Waals surface area contributed by atoms with E-state index in [2.05, 4.69) is 4.99 Å². The van der Waals surface area contributed by atoms with Gasteiger partial charge in [-0.25, -0.2) is 0 Å². The summed E-state index contributed by atoms with van der Waals surface area (Å²) in [6, 6.07) is 0. The van der Waals surface area contributed by atoms with Crippen molar-refractivity contribution >= 4 is 11.9 Å². The van der Waals surface area contributed by atoms with Crippen LogP contribution in [-0.2, 0) is 4.79 Å². The van der Waals surface area contributed by atoms with Crippen molar-refractivity contribution in [2.75, 3.05) is 6.54 Å². The highest BCUT2D eigenvalue weighted by atomic mass is 16.4. The van der Waals surface area contributed by atoms with Crippen LogP contribution in [0.2, 0.25) is 0 Å². The summed E-state index contributed by atoms with van der Waals surface area (Å²) in [5, 5.41) is 8.68. The summed E-state index contributed by atoms with van der Waals surface area (Å²) >= 11 is 0. The van der Waals surface area contributed by atoms with Crippen molar-refractivity contribution in [2.24, 2.45) is 28.1 Å². The molecule has 1 fully saturated rings. The van der Waals surface area contributed by atoms with E-state index in [0.29, 0.717) is 19.4 Å². The molecule has 0 aliphatic heterocycles. The molecule has 0 amide bonds. The SMILES string of the molecule is NC(N)=NCC[C@H]1C[C@]1(N)C(=O)O. The minimum Gasteiger partial charge on any atom is -0.480 e. The first-order valence-electron chi connectivity index (χ1n) is 4.04. The lowest BCUT2D eigenvalue weighted by Gasteiger charge is -2.03. The number of nitrogens with zero attached hydrogens (tertiary/aromatic N) is 1. The number of hydrogen-bond acceptors (Lipinski definition) is 3. The quantitative estimate of drug-likeness (QED) is 0.312. The Hall–Kier alpha value is -1.30. The van der Waals surface area contributed by atoms with Crippen LogP contribution < -0.4 is 17.2 Å². The van der Waals surface area contributed by atoms with Gasteiger partial charge in [0.2, 0.25) is 0 Å². The molecule has 1 aliphatic carbocycles. The van der Waals surface area contributed by atoms with E-state index in [1.807, 2.05) is 0 Å². The average Bonchev–Trinajstić information content (AvgIpc) is 2.63. The van der Waals surface area contributed by atoms with Crippen LogP contribution in [0.1, 0.15) is 12.8 Å². The highest BCUT2D eigenvalue weighted by molar-refractivity contribution is 5.82. The lowest BCUT2D eigenvalue weighted by Crippen LogP contribution is -2.35. The molecule has 0 radical (unpaired) electrons. The maximum Gasteiger partial charge on any atom is 0.323 e. The van der Waals surface area contributed by atoms with Crippen molar-refractivity contribution < 1.29 is 9.90 Å². The Morgan fingerprint density at radius 2 is 2.23 bits per heavy atom. The Bertz CT molecular complexity index is 249. The predicted octanol–water partition coefficient (Wildman–Crippen LogP) is -1.55. The van der Waals surface area contributed by atoms with E-state index in [9.17, 15) is 4.79 Å². The molecule has 1 rings (SSSR count). The van der Waals surface area contributed by atoms with Gasteiger partial charge in [0.1, 0.15) is 5.54 Å². The second-order valence-electron chi connectivity index (χ2n) is 3.34. The smallest absolute Gasteiger partial charge is 0.323 e. The molecule has 1 saturated carbocycles. The maximum atomic E-state index is 10.6. The Labute approximate surface area is 75.8 Å². The molecule has 6 nitrogen and oxygen atoms in total. The molecule has 0 aromatic heterocycles. The van der Waals surface area contributed by atoms with E-state index in [-0.39, 0.29) is 11.9 Å². The van der Waals surface area contributed by atoms with Crippen LogP contribution in [0.25, 0.3) is 0 Å². The number of carboxylic acid groups (broad SMARTS) is 1. The van der Waals surface area contributed by atoms with E-state index >= 15 is 0 Å². The zero-order chi connectivity index (χ0) is 10.1. The summed E-state index contributed by atoms with van der Waals surface area (Å²) in [6.07, 6.45) is 1.14. The number of rotatable bonds is 4. The molecular formula is C7H14N4O2. The van der Waals surface area contributed by atoms with Crippen LogP contribution in [0.4, 0.5) is 0 Å². The summed E-state index contributed by atoms with van der Waals surface area (Å²) in [4.78, 5) is 14.3. The van der Waals surface area contributed by atoms with Crippen molar-refractivity contribution in [3.05, 3.63) is 0 Å². The third-order valence-corrected chi connectivity index (χ3v) is 2.32. The minimum atomic E-state index is -1.03. The van der Waals surface area contributed by atoms with Crippen LogP contribution in [0.15, 0.2) is 4.99 Å². The standard InChI is InChI=1S/C7H14N4O2/c8-6(9)11-2-1-4-3-7(4,10)5(12)13/h4H,1-3,10H2,(H,12,13)(H4,8,9,11)/t4-,7+/m0/s1. The van der Waals surface area contributed by atoms with Gasteiger partial charge in [-0.05, 0) is 18.8 Å². The zero-order valence-electron chi connectivity index (χ0n) is 7.23. The number of hydrogen-bond donors (Lipinski definition) is 4. The van der Waals surface area contributed by atoms with Gasteiger partial charge in [0, 0.05) is 6.54 Å². The lowest BCUT2D eigenvalue weighted by atomic mass is 10.2. The summed E-state index contributed by atoms with van der Waals surface area (Å²) in [5.74, 6) is -0.908. The summed E-state index contributed by atoms with van der Waals surface area (Å²) in [5.41, 5.74) is 14.7. The molecule has 0 spiro atoms. The minimum absolute atomic E-state index is 0.00750. The van der Waals surface area contributed by atoms with Crippen molar-refractivity contribution in [2.45, 2.75) is 18.4 Å². The van der Waals surface area contributed by atoms with E-state index in [1.54, 1.807) is 0 Å². The molecule has 2 atom stereocenters. The first-order chi connectivity index (χ1) is 5.97. The normalized spacial score (nSPS) is 31.0. The Balaban J connectivity index is 2.29. The molecule has 7 N–H and O–H groups in total. The van der Waals surface area contributed by atoms with Gasteiger partial charge in [0.05, 0.1) is 0 Å². The average molecular weight is 186 g/mol. The third-order valence-electron chi connectivity index (χ3n) is 2.32. The molecule has 0 aromatic carbocycles. The molecule has 0 aromatic rings. The van der Waals surface area contributed by atoms with Crippen molar-refractivity contribution in [1.29, 1.82) is 0 Å². The Kier molecular flexibility index (Phi) is 2.42. The zero-order valence-corrected chi connectivity index (χ0v) is 7.23. The summed E-state index contributed by atoms with van der Waals surface area (Å²) in [7, 11) is 0. The van der Waals surface area contributed by atoms with Gasteiger partial charge < -0.3 is 22.3 Å². The van der Waals surface area contributed by atoms with Crippen molar-refractivity contribution in [3.63, 3.8) is 0 Å². The van der Waals surface area contributed by atoms with Gasteiger partial charge in [-0.3, -0.25) is 9.79 Å². The fourth-order valence-corrected chi connectivity index (χ4v) is 1.32. The second kappa shape index (κ2) is 3.21. The van der Waals surface area contributed by atoms with Crippen LogP contribution in [0.3, 0.4) is 0 Å². The predicted molar refractivity (Wildman–Crippen MR) is 48.0 cm³/mol. The Morgan fingerprint density at radius 3 is 2.62 bits per heavy atom. The molecule has 1 aliphatic rings. The number of aliphatic imine (C=N–C) groups is 1. The molecule has 13 heavy (non-hydrogen) atoms. The molecule has 0 unspecified atom stereocenters. The Morgan fingerprint density at radius 1 is 1.62 bits per heavy atom. The van der Waals surface area contributed by atoms with Gasteiger partial charge >= 0.3 is 5.97 Å². The fraction of sp³-hybridized carbons (Fsp3) is 0.714.